The molecular weight excluding hydrogens is 376 g/mol. The second-order valence-corrected chi connectivity index (χ2v) is 6.93. The Kier molecular flexibility index (Phi) is 4.63. The van der Waals surface area contributed by atoms with Crippen LogP contribution in [-0.4, -0.2) is 18.9 Å². The second-order valence-electron chi connectivity index (χ2n) is 5.07. The number of benzene rings is 1. The fourth-order valence-corrected chi connectivity index (χ4v) is 3.60. The van der Waals surface area contributed by atoms with Crippen molar-refractivity contribution >= 4 is 39.1 Å². The molecule has 0 spiro atoms. The van der Waals surface area contributed by atoms with E-state index in [4.69, 9.17) is 9.73 Å². The summed E-state index contributed by atoms with van der Waals surface area (Å²) in [5.74, 6) is 0.407. The fourth-order valence-electron chi connectivity index (χ4n) is 2.51. The lowest BCUT2D eigenvalue weighted by molar-refractivity contribution is -0.136. The largest absolute Gasteiger partial charge is 0.466 e. The lowest BCUT2D eigenvalue weighted by atomic mass is 9.96. The monoisotopic (exact) mass is 390 g/mol. The van der Waals surface area contributed by atoms with Crippen LogP contribution >= 0.6 is 27.3 Å². The molecule has 0 amide bonds. The predicted octanol–water partition coefficient (Wildman–Crippen LogP) is 4.05. The Morgan fingerprint density at radius 3 is 2.83 bits per heavy atom. The van der Waals surface area contributed by atoms with Gasteiger partial charge in [-0.2, -0.15) is 0 Å². The van der Waals surface area contributed by atoms with Crippen molar-refractivity contribution in [2.75, 3.05) is 7.11 Å². The van der Waals surface area contributed by atoms with E-state index in [9.17, 15) is 4.79 Å². The van der Waals surface area contributed by atoms with Crippen LogP contribution in [0.25, 0.3) is 0 Å². The smallest absolute Gasteiger partial charge is 0.338 e. The van der Waals surface area contributed by atoms with E-state index in [1.165, 1.54) is 7.11 Å². The Hall–Kier alpha value is -1.92. The Morgan fingerprint density at radius 2 is 2.17 bits per heavy atom. The Bertz CT molecular complexity index is 797. The number of thiophene rings is 1. The molecular formula is C17H15BrN2O2S. The maximum absolute atomic E-state index is 12.2. The van der Waals surface area contributed by atoms with Crippen LogP contribution < -0.4 is 5.32 Å². The molecule has 0 saturated carbocycles. The number of carbonyl (C=O) groups excluding carboxylic acids is 1. The van der Waals surface area contributed by atoms with Gasteiger partial charge in [0.05, 0.1) is 17.6 Å². The van der Waals surface area contributed by atoms with E-state index >= 15 is 0 Å². The minimum absolute atomic E-state index is 0.367. The molecule has 2 heterocycles. The zero-order valence-corrected chi connectivity index (χ0v) is 15.1. The van der Waals surface area contributed by atoms with Gasteiger partial charge in [-0.1, -0.05) is 34.1 Å². The van der Waals surface area contributed by atoms with Crippen molar-refractivity contribution < 1.29 is 9.53 Å². The average Bonchev–Trinajstić information content (AvgIpc) is 3.08. The first kappa shape index (κ1) is 16.0. The van der Waals surface area contributed by atoms with Gasteiger partial charge in [0, 0.05) is 10.2 Å². The molecule has 3 rings (SSSR count). The third kappa shape index (κ3) is 3.23. The van der Waals surface area contributed by atoms with Gasteiger partial charge in [0.2, 0.25) is 0 Å². The van der Waals surface area contributed by atoms with Gasteiger partial charge >= 0.3 is 5.97 Å². The molecule has 0 saturated heterocycles. The Morgan fingerprint density at radius 1 is 1.35 bits per heavy atom. The summed E-state index contributed by atoms with van der Waals surface area (Å²) in [5, 5.41) is 5.23. The number of ether oxygens (including phenoxy) is 1. The summed E-state index contributed by atoms with van der Waals surface area (Å²) in [6.45, 7) is 1.87. The molecule has 1 aliphatic rings. The highest BCUT2D eigenvalue weighted by molar-refractivity contribution is 9.10. The molecule has 0 bridgehead atoms. The van der Waals surface area contributed by atoms with E-state index in [1.807, 2.05) is 48.7 Å². The first-order chi connectivity index (χ1) is 11.1. The van der Waals surface area contributed by atoms with E-state index < -0.39 is 6.04 Å². The van der Waals surface area contributed by atoms with E-state index in [0.717, 1.165) is 26.4 Å². The molecule has 1 aromatic heterocycles. The summed E-state index contributed by atoms with van der Waals surface area (Å²) >= 11 is 5.08. The van der Waals surface area contributed by atoms with Crippen LogP contribution in [0.4, 0.5) is 0 Å². The third-order valence-electron chi connectivity index (χ3n) is 3.57. The SMILES string of the molecule is COC(=O)C1=C(C)NC(c2cccs2)=NC1c1cccc(Br)c1. The number of hydrogen-bond donors (Lipinski definition) is 1. The fraction of sp³-hybridized carbons (Fsp3) is 0.176. The van der Waals surface area contributed by atoms with Crippen LogP contribution in [0, 0.1) is 0 Å². The van der Waals surface area contributed by atoms with Gasteiger partial charge in [0.1, 0.15) is 11.9 Å². The minimum Gasteiger partial charge on any atom is -0.466 e. The number of carbonyl (C=O) groups is 1. The van der Waals surface area contributed by atoms with Crippen molar-refractivity contribution in [2.45, 2.75) is 13.0 Å². The summed E-state index contributed by atoms with van der Waals surface area (Å²) in [6.07, 6.45) is 0. The molecule has 1 atom stereocenters. The minimum atomic E-state index is -0.390. The Labute approximate surface area is 147 Å². The highest BCUT2D eigenvalue weighted by atomic mass is 79.9. The number of allylic oxidation sites excluding steroid dienone is 1. The normalized spacial score (nSPS) is 17.5. The molecule has 0 radical (unpaired) electrons. The molecule has 1 aliphatic heterocycles. The lowest BCUT2D eigenvalue weighted by Crippen LogP contribution is -2.32. The quantitative estimate of drug-likeness (QED) is 0.804. The summed E-state index contributed by atoms with van der Waals surface area (Å²) in [4.78, 5) is 18.0. The van der Waals surface area contributed by atoms with Gasteiger partial charge < -0.3 is 10.1 Å². The molecule has 0 fully saturated rings. The molecule has 1 N–H and O–H groups in total. The van der Waals surface area contributed by atoms with Crippen LogP contribution in [0.5, 0.6) is 0 Å². The highest BCUT2D eigenvalue weighted by Crippen LogP contribution is 2.33. The van der Waals surface area contributed by atoms with Crippen LogP contribution in [-0.2, 0) is 9.53 Å². The van der Waals surface area contributed by atoms with Gasteiger partial charge in [-0.05, 0) is 36.1 Å². The van der Waals surface area contributed by atoms with Crippen molar-refractivity contribution in [2.24, 2.45) is 4.99 Å². The van der Waals surface area contributed by atoms with Gasteiger partial charge in [0.15, 0.2) is 0 Å². The maximum Gasteiger partial charge on any atom is 0.338 e. The van der Waals surface area contributed by atoms with E-state index in [2.05, 4.69) is 21.2 Å². The van der Waals surface area contributed by atoms with Crippen LogP contribution in [0.3, 0.4) is 0 Å². The van der Waals surface area contributed by atoms with Crippen molar-refractivity contribution in [1.82, 2.24) is 5.32 Å². The van der Waals surface area contributed by atoms with Crippen molar-refractivity contribution in [1.29, 1.82) is 0 Å². The van der Waals surface area contributed by atoms with Crippen LogP contribution in [0.1, 0.15) is 23.4 Å². The van der Waals surface area contributed by atoms with E-state index in [-0.39, 0.29) is 5.97 Å². The van der Waals surface area contributed by atoms with Crippen LogP contribution in [0.2, 0.25) is 0 Å². The number of amidine groups is 1. The number of halogens is 1. The highest BCUT2D eigenvalue weighted by Gasteiger charge is 2.30. The van der Waals surface area contributed by atoms with Crippen LogP contribution in [0.15, 0.2) is 62.5 Å². The van der Waals surface area contributed by atoms with E-state index in [0.29, 0.717) is 5.57 Å². The van der Waals surface area contributed by atoms with Crippen molar-refractivity contribution in [3.8, 4) is 0 Å². The molecule has 4 nitrogen and oxygen atoms in total. The summed E-state index contributed by atoms with van der Waals surface area (Å²) < 4.78 is 5.90. The Balaban J connectivity index is 2.11. The molecule has 0 aliphatic carbocycles. The molecule has 118 valence electrons. The molecule has 1 aromatic carbocycles. The number of nitrogens with zero attached hydrogens (tertiary/aromatic N) is 1. The number of nitrogens with one attached hydrogen (secondary N) is 1. The number of methoxy groups -OCH3 is 1. The zero-order chi connectivity index (χ0) is 16.4. The second kappa shape index (κ2) is 6.68. The molecule has 23 heavy (non-hydrogen) atoms. The molecule has 1 unspecified atom stereocenters. The average molecular weight is 391 g/mol. The number of aliphatic imine (C=N–C) groups is 1. The summed E-state index contributed by atoms with van der Waals surface area (Å²) in [7, 11) is 1.39. The molecule has 2 aromatic rings. The third-order valence-corrected chi connectivity index (χ3v) is 4.94. The number of hydrogen-bond acceptors (Lipinski definition) is 5. The van der Waals surface area contributed by atoms with Gasteiger partial charge in [0.25, 0.3) is 0 Å². The number of esters is 1. The van der Waals surface area contributed by atoms with Gasteiger partial charge in [-0.15, -0.1) is 11.3 Å². The van der Waals surface area contributed by atoms with Crippen molar-refractivity contribution in [3.63, 3.8) is 0 Å². The summed E-state index contributed by atoms with van der Waals surface area (Å²) in [5.41, 5.74) is 2.24. The number of rotatable bonds is 3. The first-order valence-electron chi connectivity index (χ1n) is 7.03. The predicted molar refractivity (Wildman–Crippen MR) is 95.6 cm³/mol. The summed E-state index contributed by atoms with van der Waals surface area (Å²) in [6, 6.07) is 11.4. The molecule has 6 heteroatoms. The van der Waals surface area contributed by atoms with E-state index in [1.54, 1.807) is 11.3 Å². The lowest BCUT2D eigenvalue weighted by Gasteiger charge is -2.25. The topological polar surface area (TPSA) is 50.7 Å². The zero-order valence-electron chi connectivity index (χ0n) is 12.7. The standard InChI is InChI=1S/C17H15BrN2O2S/c1-10-14(17(21)22-2)15(11-5-3-6-12(18)9-11)20-16(19-10)13-7-4-8-23-13/h3-9,15H,1-2H3,(H,19,20). The van der Waals surface area contributed by atoms with Gasteiger partial charge in [-0.25, -0.2) is 4.79 Å². The van der Waals surface area contributed by atoms with Gasteiger partial charge in [-0.3, -0.25) is 4.99 Å². The first-order valence-corrected chi connectivity index (χ1v) is 8.70. The maximum atomic E-state index is 12.2. The van der Waals surface area contributed by atoms with Crippen molar-refractivity contribution in [3.05, 3.63) is 68.0 Å².